The molecular formula is C21H19NaO15S. The average Bonchev–Trinajstić information content (AvgIpc) is 2.80. The second-order valence-electron chi connectivity index (χ2n) is 7.91. The number of aliphatic hydroxyl groups is 4. The molecule has 17 heteroatoms. The minimum Gasteiger partial charge on any atom is -0.872 e. The van der Waals surface area contributed by atoms with Crippen LogP contribution in [0.2, 0.25) is 0 Å². The molecular weight excluding hydrogens is 547 g/mol. The quantitative estimate of drug-likeness (QED) is 0.109. The molecule has 15 nitrogen and oxygen atoms in total. The van der Waals surface area contributed by atoms with E-state index in [1.807, 2.05) is 0 Å². The zero-order valence-electron chi connectivity index (χ0n) is 19.3. The molecule has 4 rings (SSSR count). The van der Waals surface area contributed by atoms with Crippen LogP contribution in [-0.2, 0) is 15.1 Å². The van der Waals surface area contributed by atoms with Gasteiger partial charge in [0.25, 0.3) is 0 Å². The van der Waals surface area contributed by atoms with Crippen molar-refractivity contribution in [3.05, 3.63) is 40.6 Å². The molecule has 1 aliphatic rings. The number of phenols is 2. The molecule has 2 heterocycles. The maximum atomic E-state index is 13.4. The van der Waals surface area contributed by atoms with Crippen molar-refractivity contribution in [2.75, 3.05) is 6.61 Å². The Labute approximate surface area is 234 Å². The summed E-state index contributed by atoms with van der Waals surface area (Å²) in [5, 5.41) is 71.2. The number of phenolic OH excluding ortho intramolecular Hbond substituents is 2. The molecule has 38 heavy (non-hydrogen) atoms. The zero-order valence-corrected chi connectivity index (χ0v) is 22.1. The van der Waals surface area contributed by atoms with E-state index < -0.39 is 98.6 Å². The van der Waals surface area contributed by atoms with Crippen molar-refractivity contribution in [2.45, 2.75) is 30.7 Å². The number of benzene rings is 2. The van der Waals surface area contributed by atoms with Crippen LogP contribution in [0.25, 0.3) is 22.3 Å². The van der Waals surface area contributed by atoms with Crippen LogP contribution in [0, 0.1) is 0 Å². The summed E-state index contributed by atoms with van der Waals surface area (Å²) in [6.07, 6.45) is -8.90. The van der Waals surface area contributed by atoms with Crippen LogP contribution < -0.4 is 49.0 Å². The third kappa shape index (κ3) is 5.84. The van der Waals surface area contributed by atoms with E-state index in [9.17, 15) is 49.0 Å². The maximum Gasteiger partial charge on any atom is 1.00 e. The van der Waals surface area contributed by atoms with E-state index in [4.69, 9.17) is 18.4 Å². The van der Waals surface area contributed by atoms with Crippen LogP contribution in [0.3, 0.4) is 0 Å². The van der Waals surface area contributed by atoms with Gasteiger partial charge in [-0.1, -0.05) is 0 Å². The summed E-state index contributed by atoms with van der Waals surface area (Å²) in [5.74, 6) is -4.44. The maximum absolute atomic E-state index is 13.4. The normalized spacial score (nSPS) is 23.6. The number of rotatable bonds is 6. The Morgan fingerprint density at radius 2 is 1.68 bits per heavy atom. The molecule has 1 aliphatic heterocycles. The first-order valence-corrected chi connectivity index (χ1v) is 11.7. The van der Waals surface area contributed by atoms with Crippen molar-refractivity contribution in [3.8, 4) is 40.1 Å². The van der Waals surface area contributed by atoms with Crippen LogP contribution >= 0.6 is 0 Å². The van der Waals surface area contributed by atoms with Gasteiger partial charge in [0.1, 0.15) is 41.1 Å². The predicted molar refractivity (Wildman–Crippen MR) is 117 cm³/mol. The fourth-order valence-electron chi connectivity index (χ4n) is 3.67. The van der Waals surface area contributed by atoms with Gasteiger partial charge in [-0.15, -0.1) is 5.75 Å². The van der Waals surface area contributed by atoms with E-state index in [0.717, 1.165) is 30.3 Å². The first kappa shape index (κ1) is 29.9. The summed E-state index contributed by atoms with van der Waals surface area (Å²) in [7, 11) is -5.10. The Balaban J connectivity index is 0.00000400. The van der Waals surface area contributed by atoms with Gasteiger partial charge in [0.05, 0.1) is 6.61 Å². The number of fused-ring (bicyclic) bond motifs is 1. The Hall–Kier alpha value is -2.64. The average molecular weight is 566 g/mol. The molecule has 2 aromatic carbocycles. The van der Waals surface area contributed by atoms with Crippen molar-refractivity contribution < 1.29 is 96.3 Å². The molecule has 0 saturated carbocycles. The molecule has 3 aromatic rings. The summed E-state index contributed by atoms with van der Waals surface area (Å²) < 4.78 is 51.9. The topological polar surface area (TPSA) is 257 Å². The number of ether oxygens (including phenoxy) is 2. The largest absolute Gasteiger partial charge is 1.00 e. The van der Waals surface area contributed by atoms with Crippen LogP contribution in [0.15, 0.2) is 39.5 Å². The minimum atomic E-state index is -5.10. The van der Waals surface area contributed by atoms with Gasteiger partial charge in [-0.2, -0.15) is 8.42 Å². The molecule has 0 bridgehead atoms. The molecule has 0 aliphatic carbocycles. The monoisotopic (exact) mass is 566 g/mol. The fourth-order valence-corrected chi connectivity index (χ4v) is 4.03. The second-order valence-corrected chi connectivity index (χ2v) is 8.94. The fraction of sp³-hybridized carbons (Fsp3) is 0.286. The first-order valence-electron chi connectivity index (χ1n) is 10.3. The molecule has 1 saturated heterocycles. The van der Waals surface area contributed by atoms with Crippen LogP contribution in [0.4, 0.5) is 0 Å². The van der Waals surface area contributed by atoms with E-state index in [2.05, 4.69) is 4.18 Å². The summed E-state index contributed by atoms with van der Waals surface area (Å²) in [6, 6.07) is 4.38. The van der Waals surface area contributed by atoms with Gasteiger partial charge in [-0.3, -0.25) is 9.35 Å². The zero-order chi connectivity index (χ0) is 27.2. The van der Waals surface area contributed by atoms with E-state index in [-0.39, 0.29) is 35.1 Å². The van der Waals surface area contributed by atoms with Gasteiger partial charge < -0.3 is 53.8 Å². The molecule has 0 amide bonds. The Kier molecular flexibility index (Phi) is 8.84. The SMILES string of the molecule is O=c1c(O[C@@H]2O[C@H](CO)[C@@H](O)[C@H](O)[C@H]2O)c(-c2ccc(O)c(OS(=O)(=O)O)c2)oc2cc([O-])cc(O)c12.[Na+]. The summed E-state index contributed by atoms with van der Waals surface area (Å²) in [5.41, 5.74) is -1.78. The van der Waals surface area contributed by atoms with Gasteiger partial charge in [0, 0.05) is 5.56 Å². The molecule has 200 valence electrons. The molecule has 1 aromatic heterocycles. The van der Waals surface area contributed by atoms with Gasteiger partial charge >= 0.3 is 40.0 Å². The third-order valence-corrected chi connectivity index (χ3v) is 5.80. The van der Waals surface area contributed by atoms with E-state index >= 15 is 0 Å². The van der Waals surface area contributed by atoms with Crippen molar-refractivity contribution in [3.63, 3.8) is 0 Å². The van der Waals surface area contributed by atoms with Crippen molar-refractivity contribution in [2.24, 2.45) is 0 Å². The smallest absolute Gasteiger partial charge is 0.872 e. The number of aromatic hydroxyl groups is 2. The van der Waals surface area contributed by atoms with Crippen LogP contribution in [0.5, 0.6) is 28.7 Å². The molecule has 0 radical (unpaired) electrons. The number of hydrogen-bond acceptors (Lipinski definition) is 14. The standard InChI is InChI=1S/C21H20O15S.Na/c22-6-13-15(26)17(28)18(29)21(34-13)35-20-16(27)14-10(25)4-8(23)5-12(14)33-19(20)7-1-2-9(24)11(3-7)36-37(30,31)32;/h1-5,13,15,17-18,21-26,28-29H,6H2,(H,30,31,32);/q;+1/p-1/t13-,15-,17+,18-,21+;/m1./s1. The van der Waals surface area contributed by atoms with Gasteiger partial charge in [-0.05, 0) is 30.3 Å². The molecule has 1 fully saturated rings. The molecule has 0 spiro atoms. The molecule has 5 atom stereocenters. The second kappa shape index (κ2) is 11.2. The Morgan fingerprint density at radius 1 is 1.00 bits per heavy atom. The summed E-state index contributed by atoms with van der Waals surface area (Å²) >= 11 is 0. The number of aliphatic hydroxyl groups excluding tert-OH is 4. The third-order valence-electron chi connectivity index (χ3n) is 5.41. The van der Waals surface area contributed by atoms with E-state index in [0.29, 0.717) is 0 Å². The Morgan fingerprint density at radius 3 is 2.32 bits per heavy atom. The van der Waals surface area contributed by atoms with Crippen LogP contribution in [-0.4, -0.2) is 80.9 Å². The molecule has 7 N–H and O–H groups in total. The predicted octanol–water partition coefficient (Wildman–Crippen LogP) is -4.69. The van der Waals surface area contributed by atoms with Crippen LogP contribution in [0.1, 0.15) is 0 Å². The molecule has 0 unspecified atom stereocenters. The van der Waals surface area contributed by atoms with Crippen molar-refractivity contribution in [1.29, 1.82) is 0 Å². The number of hydrogen-bond donors (Lipinski definition) is 7. The van der Waals surface area contributed by atoms with E-state index in [1.165, 1.54) is 0 Å². The van der Waals surface area contributed by atoms with Gasteiger partial charge in [-0.25, -0.2) is 0 Å². The summed E-state index contributed by atoms with van der Waals surface area (Å²) in [4.78, 5) is 13.4. The minimum absolute atomic E-state index is 0. The Bertz CT molecular complexity index is 1500. The first-order chi connectivity index (χ1) is 17.3. The van der Waals surface area contributed by atoms with E-state index in [1.54, 1.807) is 0 Å². The van der Waals surface area contributed by atoms with Gasteiger partial charge in [0.2, 0.25) is 17.5 Å². The van der Waals surface area contributed by atoms with Crippen molar-refractivity contribution >= 4 is 21.4 Å². The summed E-state index contributed by atoms with van der Waals surface area (Å²) in [6.45, 7) is -0.814. The van der Waals surface area contributed by atoms with Gasteiger partial charge in [0.15, 0.2) is 17.3 Å². The van der Waals surface area contributed by atoms with Crippen molar-refractivity contribution in [1.82, 2.24) is 0 Å².